The van der Waals surface area contributed by atoms with Crippen LogP contribution >= 0.6 is 0 Å². The third kappa shape index (κ3) is 3.45. The minimum absolute atomic E-state index is 0.129. The van der Waals surface area contributed by atoms with Crippen LogP contribution in [0.3, 0.4) is 0 Å². The van der Waals surface area contributed by atoms with E-state index in [1.165, 1.54) is 0 Å². The molecule has 0 aliphatic carbocycles. The molecule has 1 aromatic rings. The SMILES string of the molecule is CC(C)OC(=O)c1ccc([SH](C)(C)=O)cc1. The molecular formula is C12H18O3S. The van der Waals surface area contributed by atoms with Crippen LogP contribution < -0.4 is 0 Å². The first kappa shape index (κ1) is 12.9. The first-order valence-electron chi connectivity index (χ1n) is 5.17. The third-order valence-corrected chi connectivity index (χ3v) is 3.61. The molecule has 0 aliphatic rings. The van der Waals surface area contributed by atoms with Crippen LogP contribution in [0, 0.1) is 0 Å². The first-order valence-corrected chi connectivity index (χ1v) is 7.77. The molecule has 0 fully saturated rings. The summed E-state index contributed by atoms with van der Waals surface area (Å²) < 4.78 is 16.8. The Balaban J connectivity index is 2.87. The summed E-state index contributed by atoms with van der Waals surface area (Å²) in [6.45, 7) is 3.61. The zero-order chi connectivity index (χ0) is 12.3. The summed E-state index contributed by atoms with van der Waals surface area (Å²) in [7, 11) is -2.25. The number of hydrogen-bond donors (Lipinski definition) is 1. The molecule has 0 saturated heterocycles. The van der Waals surface area contributed by atoms with Crippen molar-refractivity contribution in [1.82, 2.24) is 0 Å². The minimum Gasteiger partial charge on any atom is -0.459 e. The molecule has 0 N–H and O–H groups in total. The molecule has 0 unspecified atom stereocenters. The van der Waals surface area contributed by atoms with Crippen molar-refractivity contribution in [2.45, 2.75) is 24.8 Å². The quantitative estimate of drug-likeness (QED) is 0.650. The normalized spacial score (nSPS) is 12.6. The maximum Gasteiger partial charge on any atom is 0.338 e. The van der Waals surface area contributed by atoms with Crippen LogP contribution in [0.25, 0.3) is 0 Å². The van der Waals surface area contributed by atoms with Crippen LogP contribution in [0.4, 0.5) is 0 Å². The molecular weight excluding hydrogens is 224 g/mol. The topological polar surface area (TPSA) is 43.4 Å². The van der Waals surface area contributed by atoms with Gasteiger partial charge in [0.05, 0.1) is 11.7 Å². The van der Waals surface area contributed by atoms with Crippen LogP contribution in [0.2, 0.25) is 0 Å². The lowest BCUT2D eigenvalue weighted by Crippen LogP contribution is -2.12. The van der Waals surface area contributed by atoms with Gasteiger partial charge in [-0.1, -0.05) is 9.93 Å². The molecule has 0 heterocycles. The highest BCUT2D eigenvalue weighted by atomic mass is 32.2. The molecule has 16 heavy (non-hydrogen) atoms. The number of ether oxygens (including phenoxy) is 1. The average molecular weight is 242 g/mol. The molecule has 0 amide bonds. The number of carbonyl (C=O) groups excluding carboxylic acids is 1. The van der Waals surface area contributed by atoms with Crippen molar-refractivity contribution >= 4 is 15.9 Å². The number of hydrogen-bond acceptors (Lipinski definition) is 3. The Kier molecular flexibility index (Phi) is 3.86. The van der Waals surface area contributed by atoms with Crippen LogP contribution in [0.5, 0.6) is 0 Å². The number of benzene rings is 1. The Bertz CT molecular complexity index is 414. The Morgan fingerprint density at radius 2 is 1.69 bits per heavy atom. The average Bonchev–Trinajstić information content (AvgIpc) is 2.15. The fraction of sp³-hybridized carbons (Fsp3) is 0.417. The number of thiol groups is 1. The summed E-state index contributed by atoms with van der Waals surface area (Å²) in [5, 5.41) is 0. The highest BCUT2D eigenvalue weighted by Gasteiger charge is 2.10. The monoisotopic (exact) mass is 242 g/mol. The molecule has 1 rings (SSSR count). The maximum atomic E-state index is 11.8. The highest BCUT2D eigenvalue weighted by molar-refractivity contribution is 8.01. The van der Waals surface area contributed by atoms with Gasteiger partial charge >= 0.3 is 5.97 Å². The molecule has 0 aliphatic heterocycles. The summed E-state index contributed by atoms with van der Waals surface area (Å²) >= 11 is 0. The Hall–Kier alpha value is -1.16. The van der Waals surface area contributed by atoms with Gasteiger partial charge in [-0.25, -0.2) is 4.79 Å². The second-order valence-electron chi connectivity index (χ2n) is 4.35. The van der Waals surface area contributed by atoms with Gasteiger partial charge in [0.15, 0.2) is 0 Å². The Morgan fingerprint density at radius 3 is 2.06 bits per heavy atom. The highest BCUT2D eigenvalue weighted by Crippen LogP contribution is 2.15. The van der Waals surface area contributed by atoms with E-state index in [1.54, 1.807) is 50.6 Å². The predicted octanol–water partition coefficient (Wildman–Crippen LogP) is 1.89. The largest absolute Gasteiger partial charge is 0.459 e. The molecule has 0 bridgehead atoms. The maximum absolute atomic E-state index is 11.8. The van der Waals surface area contributed by atoms with Crippen molar-refractivity contribution in [2.75, 3.05) is 12.5 Å². The number of carbonyl (C=O) groups is 1. The lowest BCUT2D eigenvalue weighted by Gasteiger charge is -2.13. The lowest BCUT2D eigenvalue weighted by molar-refractivity contribution is 0.0378. The molecule has 3 nitrogen and oxygen atoms in total. The zero-order valence-electron chi connectivity index (χ0n) is 10.1. The van der Waals surface area contributed by atoms with Crippen molar-refractivity contribution in [2.24, 2.45) is 0 Å². The van der Waals surface area contributed by atoms with Gasteiger partial charge in [0.25, 0.3) is 0 Å². The number of rotatable bonds is 3. The van der Waals surface area contributed by atoms with Crippen molar-refractivity contribution in [3.05, 3.63) is 29.8 Å². The van der Waals surface area contributed by atoms with Crippen molar-refractivity contribution in [3.8, 4) is 0 Å². The van der Waals surface area contributed by atoms with E-state index in [9.17, 15) is 9.00 Å². The van der Waals surface area contributed by atoms with Gasteiger partial charge < -0.3 is 4.74 Å². The van der Waals surface area contributed by atoms with E-state index in [-0.39, 0.29) is 12.1 Å². The standard InChI is InChI=1S/C12H18O3S/c1-9(2)15-12(13)10-5-7-11(8-6-10)16(3,4)14/h5-9,16H,1-4H3. The summed E-state index contributed by atoms with van der Waals surface area (Å²) in [5.41, 5.74) is 0.492. The molecule has 90 valence electrons. The van der Waals surface area contributed by atoms with Gasteiger partial charge in [0.1, 0.15) is 0 Å². The van der Waals surface area contributed by atoms with Crippen molar-refractivity contribution < 1.29 is 13.7 Å². The van der Waals surface area contributed by atoms with Crippen LogP contribution in [0.1, 0.15) is 24.2 Å². The second kappa shape index (κ2) is 4.78. The van der Waals surface area contributed by atoms with Gasteiger partial charge in [0, 0.05) is 4.90 Å². The van der Waals surface area contributed by atoms with Crippen LogP contribution in [0.15, 0.2) is 29.2 Å². The van der Waals surface area contributed by atoms with Crippen molar-refractivity contribution in [1.29, 1.82) is 0 Å². The van der Waals surface area contributed by atoms with E-state index >= 15 is 0 Å². The first-order chi connectivity index (χ1) is 7.30. The Labute approximate surface area is 97.2 Å². The van der Waals surface area contributed by atoms with E-state index in [1.807, 2.05) is 0 Å². The second-order valence-corrected chi connectivity index (χ2v) is 7.57. The van der Waals surface area contributed by atoms with E-state index < -0.39 is 9.93 Å². The van der Waals surface area contributed by atoms with Gasteiger partial charge in [0.2, 0.25) is 0 Å². The van der Waals surface area contributed by atoms with Gasteiger partial charge in [-0.05, 0) is 50.6 Å². The summed E-state index contributed by atoms with van der Waals surface area (Å²) in [6, 6.07) is 6.74. The van der Waals surface area contributed by atoms with Gasteiger partial charge in [-0.15, -0.1) is 0 Å². The van der Waals surface area contributed by atoms with Crippen molar-refractivity contribution in [3.63, 3.8) is 0 Å². The molecule has 0 spiro atoms. The van der Waals surface area contributed by atoms with Gasteiger partial charge in [-0.2, -0.15) is 0 Å². The molecule has 0 saturated carbocycles. The summed E-state index contributed by atoms with van der Waals surface area (Å²) in [5.74, 6) is -0.344. The molecule has 1 aromatic carbocycles. The minimum atomic E-state index is -2.25. The fourth-order valence-electron chi connectivity index (χ4n) is 1.24. The van der Waals surface area contributed by atoms with E-state index in [4.69, 9.17) is 4.74 Å². The lowest BCUT2D eigenvalue weighted by atomic mass is 10.2. The molecule has 0 atom stereocenters. The van der Waals surface area contributed by atoms with E-state index in [2.05, 4.69) is 0 Å². The Morgan fingerprint density at radius 1 is 1.19 bits per heavy atom. The molecule has 4 heteroatoms. The molecule has 0 aromatic heterocycles. The van der Waals surface area contributed by atoms with Crippen LogP contribution in [-0.2, 0) is 14.7 Å². The zero-order valence-corrected chi connectivity index (χ0v) is 11.0. The smallest absolute Gasteiger partial charge is 0.338 e. The van der Waals surface area contributed by atoms with E-state index in [0.717, 1.165) is 4.90 Å². The third-order valence-electron chi connectivity index (χ3n) is 2.07. The fourth-order valence-corrected chi connectivity index (χ4v) is 2.11. The predicted molar refractivity (Wildman–Crippen MR) is 66.6 cm³/mol. The number of esters is 1. The molecule has 0 radical (unpaired) electrons. The van der Waals surface area contributed by atoms with Gasteiger partial charge in [-0.3, -0.25) is 4.21 Å². The van der Waals surface area contributed by atoms with Crippen LogP contribution in [-0.4, -0.2) is 28.8 Å². The van der Waals surface area contributed by atoms with E-state index in [0.29, 0.717) is 5.56 Å². The summed E-state index contributed by atoms with van der Waals surface area (Å²) in [6.07, 6.45) is 3.28. The summed E-state index contributed by atoms with van der Waals surface area (Å²) in [4.78, 5) is 12.3.